The van der Waals surface area contributed by atoms with Gasteiger partial charge in [0.15, 0.2) is 0 Å². The molecular formula is C26H27N3O3. The number of likely N-dealkylation sites (tertiary alicyclic amines) is 1. The molecule has 1 fully saturated rings. The molecule has 2 aliphatic carbocycles. The Balaban J connectivity index is 1.36. The van der Waals surface area contributed by atoms with E-state index in [1.165, 1.54) is 27.8 Å². The summed E-state index contributed by atoms with van der Waals surface area (Å²) < 4.78 is 11.9. The predicted octanol–water partition coefficient (Wildman–Crippen LogP) is 4.94. The molecule has 0 spiro atoms. The number of ether oxygens (including phenoxy) is 1. The van der Waals surface area contributed by atoms with Crippen molar-refractivity contribution in [1.82, 2.24) is 9.88 Å². The Kier molecular flexibility index (Phi) is 4.85. The summed E-state index contributed by atoms with van der Waals surface area (Å²) in [4.78, 5) is 6.85. The number of aromatic nitrogens is 1. The monoisotopic (exact) mass is 429 g/mol. The van der Waals surface area contributed by atoms with Crippen LogP contribution < -0.4 is 0 Å². The Hall–Kier alpha value is -2.96. The van der Waals surface area contributed by atoms with Gasteiger partial charge in [-0.25, -0.2) is 0 Å². The number of hydrogen-bond donors (Lipinski definition) is 1. The summed E-state index contributed by atoms with van der Waals surface area (Å²) in [5.41, 5.74) is 9.07. The van der Waals surface area contributed by atoms with Gasteiger partial charge < -0.3 is 19.3 Å². The van der Waals surface area contributed by atoms with Gasteiger partial charge in [-0.05, 0) is 62.0 Å². The lowest BCUT2D eigenvalue weighted by molar-refractivity contribution is 0.128. The number of fused-ring (bicyclic) bond motifs is 5. The van der Waals surface area contributed by atoms with E-state index in [-0.39, 0.29) is 0 Å². The number of aryl methyl sites for hydroxylation is 1. The molecule has 0 amide bonds. The molecule has 2 aromatic heterocycles. The minimum atomic E-state index is 0.431. The number of rotatable bonds is 5. The van der Waals surface area contributed by atoms with Crippen LogP contribution in [-0.4, -0.2) is 54.2 Å². The molecule has 1 aromatic carbocycles. The van der Waals surface area contributed by atoms with E-state index >= 15 is 0 Å². The van der Waals surface area contributed by atoms with Gasteiger partial charge in [0.25, 0.3) is 0 Å². The average Bonchev–Trinajstić information content (AvgIpc) is 3.40. The van der Waals surface area contributed by atoms with Crippen LogP contribution in [0.25, 0.3) is 33.6 Å². The molecule has 6 nitrogen and oxygen atoms in total. The highest BCUT2D eigenvalue weighted by Crippen LogP contribution is 2.57. The summed E-state index contributed by atoms with van der Waals surface area (Å²) in [6.45, 7) is 3.92. The van der Waals surface area contributed by atoms with Gasteiger partial charge >= 0.3 is 0 Å². The third kappa shape index (κ3) is 3.01. The highest BCUT2D eigenvalue weighted by molar-refractivity contribution is 6.09. The van der Waals surface area contributed by atoms with Crippen molar-refractivity contribution in [2.24, 2.45) is 5.16 Å². The fraction of sp³-hybridized carbons (Fsp3) is 0.385. The van der Waals surface area contributed by atoms with Crippen molar-refractivity contribution >= 4 is 5.71 Å². The third-order valence-electron chi connectivity index (χ3n) is 7.30. The largest absolute Gasteiger partial charge is 0.459 e. The zero-order valence-corrected chi connectivity index (χ0v) is 18.3. The van der Waals surface area contributed by atoms with Gasteiger partial charge in [-0.3, -0.25) is 4.98 Å². The van der Waals surface area contributed by atoms with Crippen LogP contribution in [0.2, 0.25) is 0 Å². The Morgan fingerprint density at radius 3 is 2.81 bits per heavy atom. The quantitative estimate of drug-likeness (QED) is 0.359. The van der Waals surface area contributed by atoms with Gasteiger partial charge in [0, 0.05) is 59.8 Å². The summed E-state index contributed by atoms with van der Waals surface area (Å²) in [5.74, 6) is 2.52. The van der Waals surface area contributed by atoms with Crippen LogP contribution in [0, 0.1) is 0 Å². The first-order valence-corrected chi connectivity index (χ1v) is 11.5. The van der Waals surface area contributed by atoms with Gasteiger partial charge in [-0.1, -0.05) is 17.3 Å². The number of methoxy groups -OCH3 is 1. The fourth-order valence-corrected chi connectivity index (χ4v) is 5.57. The minimum Gasteiger partial charge on any atom is -0.459 e. The number of benzene rings is 1. The zero-order chi connectivity index (χ0) is 21.7. The van der Waals surface area contributed by atoms with E-state index in [0.717, 1.165) is 80.3 Å². The third-order valence-corrected chi connectivity index (χ3v) is 7.30. The van der Waals surface area contributed by atoms with Crippen LogP contribution in [0.4, 0.5) is 0 Å². The SMILES string of the molecule is COCCN1CCC(c2oc(-c3ccc4c(c3)CCC4=NO)c3c2-c2ccncc2-3)CC1. The second-order valence-corrected chi connectivity index (χ2v) is 8.99. The van der Waals surface area contributed by atoms with Crippen LogP contribution in [-0.2, 0) is 11.2 Å². The van der Waals surface area contributed by atoms with E-state index in [1.54, 1.807) is 7.11 Å². The summed E-state index contributed by atoms with van der Waals surface area (Å²) >= 11 is 0. The van der Waals surface area contributed by atoms with E-state index in [4.69, 9.17) is 9.15 Å². The van der Waals surface area contributed by atoms with Crippen LogP contribution in [0.1, 0.15) is 42.1 Å². The Morgan fingerprint density at radius 2 is 2.00 bits per heavy atom. The summed E-state index contributed by atoms with van der Waals surface area (Å²) in [6, 6.07) is 8.48. The molecule has 1 saturated heterocycles. The molecule has 1 N–H and O–H groups in total. The molecule has 0 radical (unpaired) electrons. The van der Waals surface area contributed by atoms with E-state index in [9.17, 15) is 5.21 Å². The highest BCUT2D eigenvalue weighted by Gasteiger charge is 2.37. The number of pyridine rings is 1. The molecule has 3 aliphatic rings. The molecule has 3 aromatic rings. The summed E-state index contributed by atoms with van der Waals surface area (Å²) in [6.07, 6.45) is 7.71. The molecule has 1 aliphatic heterocycles. The maximum atomic E-state index is 9.26. The topological polar surface area (TPSA) is 71.1 Å². The number of oxime groups is 1. The molecule has 164 valence electrons. The molecule has 0 bridgehead atoms. The molecule has 0 saturated carbocycles. The van der Waals surface area contributed by atoms with Crippen LogP contribution in [0.5, 0.6) is 0 Å². The second-order valence-electron chi connectivity index (χ2n) is 8.99. The predicted molar refractivity (Wildman–Crippen MR) is 123 cm³/mol. The van der Waals surface area contributed by atoms with Crippen LogP contribution >= 0.6 is 0 Å². The molecule has 3 heterocycles. The van der Waals surface area contributed by atoms with Crippen molar-refractivity contribution in [2.75, 3.05) is 33.4 Å². The van der Waals surface area contributed by atoms with E-state index in [1.807, 2.05) is 12.4 Å². The van der Waals surface area contributed by atoms with Crippen LogP contribution in [0.15, 0.2) is 46.2 Å². The van der Waals surface area contributed by atoms with Gasteiger partial charge in [-0.2, -0.15) is 0 Å². The molecule has 0 unspecified atom stereocenters. The Labute approximate surface area is 187 Å². The summed E-state index contributed by atoms with van der Waals surface area (Å²) in [5, 5.41) is 12.7. The first kappa shape index (κ1) is 19.7. The first-order valence-electron chi connectivity index (χ1n) is 11.5. The Bertz CT molecular complexity index is 1210. The number of furan rings is 1. The van der Waals surface area contributed by atoms with E-state index < -0.39 is 0 Å². The van der Waals surface area contributed by atoms with Crippen molar-refractivity contribution < 1.29 is 14.4 Å². The standard InChI is InChI=1S/C26H27N3O3/c1-31-13-12-29-10-7-16(8-11-29)25-23-20-6-9-27-15-21(20)24(23)26(32-25)18-2-4-19-17(14-18)3-5-22(19)28-30/h2,4,6,9,14-16,30H,3,5,7-8,10-13H2,1H3. The molecule has 32 heavy (non-hydrogen) atoms. The summed E-state index contributed by atoms with van der Waals surface area (Å²) in [7, 11) is 1.76. The van der Waals surface area contributed by atoms with E-state index in [2.05, 4.69) is 39.3 Å². The molecule has 6 heteroatoms. The van der Waals surface area contributed by atoms with Crippen molar-refractivity contribution in [2.45, 2.75) is 31.6 Å². The van der Waals surface area contributed by atoms with E-state index in [0.29, 0.717) is 5.92 Å². The zero-order valence-electron chi connectivity index (χ0n) is 18.3. The molecule has 0 atom stereocenters. The number of hydrogen-bond acceptors (Lipinski definition) is 6. The minimum absolute atomic E-state index is 0.431. The second kappa shape index (κ2) is 7.87. The van der Waals surface area contributed by atoms with Crippen molar-refractivity contribution in [3.8, 4) is 33.6 Å². The first-order chi connectivity index (χ1) is 15.8. The number of nitrogens with zero attached hydrogens (tertiary/aromatic N) is 3. The Morgan fingerprint density at radius 1 is 1.12 bits per heavy atom. The molecular weight excluding hydrogens is 402 g/mol. The van der Waals surface area contributed by atoms with Gasteiger partial charge in [0.05, 0.1) is 12.3 Å². The van der Waals surface area contributed by atoms with Gasteiger partial charge in [-0.15, -0.1) is 0 Å². The highest BCUT2D eigenvalue weighted by atomic mass is 16.5. The fourth-order valence-electron chi connectivity index (χ4n) is 5.57. The molecule has 6 rings (SSSR count). The van der Waals surface area contributed by atoms with Crippen molar-refractivity contribution in [3.63, 3.8) is 0 Å². The van der Waals surface area contributed by atoms with Crippen molar-refractivity contribution in [1.29, 1.82) is 0 Å². The normalized spacial score (nSPS) is 19.0. The lowest BCUT2D eigenvalue weighted by Crippen LogP contribution is -2.35. The maximum absolute atomic E-state index is 9.26. The smallest absolute Gasteiger partial charge is 0.142 e. The maximum Gasteiger partial charge on any atom is 0.142 e. The van der Waals surface area contributed by atoms with Crippen LogP contribution in [0.3, 0.4) is 0 Å². The average molecular weight is 430 g/mol. The van der Waals surface area contributed by atoms with Gasteiger partial charge in [0.1, 0.15) is 11.5 Å². The lowest BCUT2D eigenvalue weighted by Gasteiger charge is -2.32. The van der Waals surface area contributed by atoms with Gasteiger partial charge in [0.2, 0.25) is 0 Å². The van der Waals surface area contributed by atoms with Crippen molar-refractivity contribution in [3.05, 3.63) is 53.5 Å². The lowest BCUT2D eigenvalue weighted by atomic mass is 9.78. The number of piperidine rings is 1.